The Balaban J connectivity index is 1.71. The summed E-state index contributed by atoms with van der Waals surface area (Å²) in [6, 6.07) is 4.55. The van der Waals surface area contributed by atoms with Gasteiger partial charge in [-0.2, -0.15) is 0 Å². The van der Waals surface area contributed by atoms with E-state index in [2.05, 4.69) is 25.1 Å². The van der Waals surface area contributed by atoms with E-state index in [1.807, 2.05) is 0 Å². The van der Waals surface area contributed by atoms with Gasteiger partial charge in [-0.3, -0.25) is 14.8 Å². The number of H-pyrrole nitrogens is 2. The van der Waals surface area contributed by atoms with Crippen molar-refractivity contribution in [2.24, 2.45) is 0 Å². The summed E-state index contributed by atoms with van der Waals surface area (Å²) in [5, 5.41) is 8.00. The zero-order valence-electron chi connectivity index (χ0n) is 12.7. The summed E-state index contributed by atoms with van der Waals surface area (Å²) in [5.41, 5.74) is 0.338. The highest BCUT2D eigenvalue weighted by Gasteiger charge is 2.43. The fraction of sp³-hybridized carbons (Fsp3) is 0.188. The lowest BCUT2D eigenvalue weighted by Crippen LogP contribution is -2.23. The van der Waals surface area contributed by atoms with Crippen LogP contribution in [0.4, 0.5) is 4.39 Å². The SMILES string of the molecule is O=c1[nH]cc(-c2cc([C@H]3C[C@@H]3c3ncccc3F)c(Cl)nn2)c(=O)[nH]1. The molecule has 3 aromatic rings. The first-order valence-electron chi connectivity index (χ1n) is 7.50. The molecule has 0 saturated heterocycles. The molecule has 7 nitrogen and oxygen atoms in total. The van der Waals surface area contributed by atoms with Crippen LogP contribution in [0.15, 0.2) is 40.2 Å². The van der Waals surface area contributed by atoms with Crippen LogP contribution in [-0.2, 0) is 0 Å². The lowest BCUT2D eigenvalue weighted by Gasteiger charge is -2.06. The summed E-state index contributed by atoms with van der Waals surface area (Å²) in [5.74, 6) is -0.497. The van der Waals surface area contributed by atoms with Crippen molar-refractivity contribution in [3.63, 3.8) is 0 Å². The Labute approximate surface area is 144 Å². The van der Waals surface area contributed by atoms with Crippen LogP contribution in [-0.4, -0.2) is 25.1 Å². The molecule has 25 heavy (non-hydrogen) atoms. The van der Waals surface area contributed by atoms with Crippen molar-refractivity contribution in [2.45, 2.75) is 18.3 Å². The van der Waals surface area contributed by atoms with Crippen LogP contribution < -0.4 is 11.2 Å². The topological polar surface area (TPSA) is 104 Å². The van der Waals surface area contributed by atoms with Crippen molar-refractivity contribution in [3.05, 3.63) is 73.7 Å². The molecule has 1 saturated carbocycles. The van der Waals surface area contributed by atoms with Crippen LogP contribution in [0.5, 0.6) is 0 Å². The number of hydrogen-bond donors (Lipinski definition) is 2. The maximum atomic E-state index is 13.9. The van der Waals surface area contributed by atoms with Gasteiger partial charge in [-0.15, -0.1) is 10.2 Å². The average molecular weight is 360 g/mol. The molecule has 3 heterocycles. The van der Waals surface area contributed by atoms with Gasteiger partial charge in [0, 0.05) is 18.3 Å². The van der Waals surface area contributed by atoms with Gasteiger partial charge in [-0.05, 0) is 36.1 Å². The van der Waals surface area contributed by atoms with E-state index >= 15 is 0 Å². The minimum atomic E-state index is -0.608. The van der Waals surface area contributed by atoms with E-state index in [9.17, 15) is 14.0 Å². The molecule has 0 aromatic carbocycles. The third kappa shape index (κ3) is 2.85. The maximum Gasteiger partial charge on any atom is 0.325 e. The largest absolute Gasteiger partial charge is 0.325 e. The van der Waals surface area contributed by atoms with Gasteiger partial charge in [0.1, 0.15) is 11.5 Å². The number of nitrogens with zero attached hydrogens (tertiary/aromatic N) is 3. The molecule has 1 fully saturated rings. The van der Waals surface area contributed by atoms with Gasteiger partial charge >= 0.3 is 5.69 Å². The molecule has 0 bridgehead atoms. The first-order valence-corrected chi connectivity index (χ1v) is 7.88. The van der Waals surface area contributed by atoms with E-state index in [0.717, 1.165) is 0 Å². The number of aromatic amines is 2. The predicted octanol–water partition coefficient (Wildman–Crippen LogP) is 1.98. The molecule has 2 atom stereocenters. The summed E-state index contributed by atoms with van der Waals surface area (Å²) in [7, 11) is 0. The van der Waals surface area contributed by atoms with Gasteiger partial charge in [0.25, 0.3) is 5.56 Å². The second-order valence-electron chi connectivity index (χ2n) is 5.78. The van der Waals surface area contributed by atoms with Crippen LogP contribution in [0.2, 0.25) is 5.15 Å². The van der Waals surface area contributed by atoms with Crippen molar-refractivity contribution < 1.29 is 4.39 Å². The Bertz CT molecular complexity index is 1080. The lowest BCUT2D eigenvalue weighted by molar-refractivity contribution is 0.598. The number of aromatic nitrogens is 5. The molecule has 0 spiro atoms. The van der Waals surface area contributed by atoms with Crippen LogP contribution in [0.3, 0.4) is 0 Å². The van der Waals surface area contributed by atoms with E-state index in [1.165, 1.54) is 18.3 Å². The summed E-state index contributed by atoms with van der Waals surface area (Å²) in [6.45, 7) is 0. The first-order chi connectivity index (χ1) is 12.0. The molecular formula is C16H11ClFN5O2. The monoisotopic (exact) mass is 359 g/mol. The molecule has 0 aliphatic heterocycles. The highest BCUT2D eigenvalue weighted by Crippen LogP contribution is 2.55. The first kappa shape index (κ1) is 15.6. The van der Waals surface area contributed by atoms with Gasteiger partial charge in [0.15, 0.2) is 5.15 Å². The molecule has 0 amide bonds. The number of hydrogen-bond acceptors (Lipinski definition) is 5. The molecule has 3 aromatic heterocycles. The second kappa shape index (κ2) is 5.89. The van der Waals surface area contributed by atoms with Gasteiger partial charge in [-0.25, -0.2) is 9.18 Å². The van der Waals surface area contributed by atoms with Crippen LogP contribution in [0.25, 0.3) is 11.3 Å². The van der Waals surface area contributed by atoms with Crippen LogP contribution in [0.1, 0.15) is 29.5 Å². The normalized spacial score (nSPS) is 19.0. The second-order valence-corrected chi connectivity index (χ2v) is 6.14. The fourth-order valence-electron chi connectivity index (χ4n) is 2.89. The minimum Gasteiger partial charge on any atom is -0.313 e. The highest BCUT2D eigenvalue weighted by molar-refractivity contribution is 6.30. The highest BCUT2D eigenvalue weighted by atomic mass is 35.5. The molecule has 0 radical (unpaired) electrons. The zero-order chi connectivity index (χ0) is 17.6. The predicted molar refractivity (Wildman–Crippen MR) is 88.0 cm³/mol. The molecular weight excluding hydrogens is 349 g/mol. The van der Waals surface area contributed by atoms with E-state index in [1.54, 1.807) is 12.3 Å². The van der Waals surface area contributed by atoms with E-state index < -0.39 is 11.2 Å². The molecule has 2 N–H and O–H groups in total. The van der Waals surface area contributed by atoms with Crippen molar-refractivity contribution in [1.82, 2.24) is 25.1 Å². The standard InChI is InChI=1S/C16H11ClFN5O2/c17-14-9(7-4-8(7)13-11(18)2-1-3-19-13)5-12(22-23-14)10-6-20-16(25)21-15(10)24/h1-3,5-8H,4H2,(H2,20,21,24,25)/t7-,8-/m0/s1. The number of pyridine rings is 1. The summed E-state index contributed by atoms with van der Waals surface area (Å²) < 4.78 is 13.9. The van der Waals surface area contributed by atoms with Gasteiger partial charge in [-0.1, -0.05) is 11.6 Å². The number of nitrogens with one attached hydrogen (secondary N) is 2. The third-order valence-corrected chi connectivity index (χ3v) is 4.49. The number of rotatable bonds is 3. The van der Waals surface area contributed by atoms with Gasteiger partial charge < -0.3 is 4.98 Å². The van der Waals surface area contributed by atoms with Gasteiger partial charge in [0.05, 0.1) is 11.3 Å². The molecule has 1 aliphatic rings. The Morgan fingerprint density at radius 3 is 2.84 bits per heavy atom. The smallest absolute Gasteiger partial charge is 0.313 e. The Morgan fingerprint density at radius 2 is 2.08 bits per heavy atom. The quantitative estimate of drug-likeness (QED) is 0.744. The Hall–Kier alpha value is -2.87. The molecule has 1 aliphatic carbocycles. The van der Waals surface area contributed by atoms with Crippen molar-refractivity contribution in [3.8, 4) is 11.3 Å². The molecule has 126 valence electrons. The zero-order valence-corrected chi connectivity index (χ0v) is 13.4. The Morgan fingerprint density at radius 1 is 1.24 bits per heavy atom. The van der Waals surface area contributed by atoms with Gasteiger partial charge in [0.2, 0.25) is 0 Å². The van der Waals surface area contributed by atoms with Crippen LogP contribution in [0, 0.1) is 5.82 Å². The van der Waals surface area contributed by atoms with Crippen molar-refractivity contribution in [2.75, 3.05) is 0 Å². The average Bonchev–Trinajstić information content (AvgIpc) is 3.36. The third-order valence-electron chi connectivity index (χ3n) is 4.20. The van der Waals surface area contributed by atoms with Crippen LogP contribution >= 0.6 is 11.6 Å². The van der Waals surface area contributed by atoms with E-state index in [-0.39, 0.29) is 34.1 Å². The summed E-state index contributed by atoms with van der Waals surface area (Å²) >= 11 is 6.14. The van der Waals surface area contributed by atoms with Crippen molar-refractivity contribution >= 4 is 11.6 Å². The Kier molecular flexibility index (Phi) is 3.69. The lowest BCUT2D eigenvalue weighted by atomic mass is 10.1. The maximum absolute atomic E-state index is 13.9. The van der Waals surface area contributed by atoms with E-state index in [4.69, 9.17) is 11.6 Å². The molecule has 9 heteroatoms. The fourth-order valence-corrected chi connectivity index (χ4v) is 3.13. The summed E-state index contributed by atoms with van der Waals surface area (Å²) in [4.78, 5) is 31.7. The summed E-state index contributed by atoms with van der Waals surface area (Å²) in [6.07, 6.45) is 3.50. The molecule has 0 unspecified atom stereocenters. The number of halogens is 2. The minimum absolute atomic E-state index is 0.0482. The van der Waals surface area contributed by atoms with Crippen molar-refractivity contribution in [1.29, 1.82) is 0 Å². The van der Waals surface area contributed by atoms with E-state index in [0.29, 0.717) is 17.7 Å². The molecule has 4 rings (SSSR count).